The lowest BCUT2D eigenvalue weighted by Crippen LogP contribution is -2.46. The molecule has 3 amide bonds. The van der Waals surface area contributed by atoms with E-state index in [1.807, 2.05) is 0 Å². The van der Waals surface area contributed by atoms with Crippen LogP contribution in [-0.2, 0) is 9.59 Å². The zero-order chi connectivity index (χ0) is 12.8. The first-order valence-electron chi connectivity index (χ1n) is 5.54. The number of hydrogen-bond donors (Lipinski definition) is 4. The van der Waals surface area contributed by atoms with E-state index < -0.39 is 23.8 Å². The molecule has 2 atom stereocenters. The molecule has 96 valence electrons. The number of carbonyl (C=O) groups excluding carboxylic acids is 2. The third-order valence-corrected chi connectivity index (χ3v) is 2.78. The summed E-state index contributed by atoms with van der Waals surface area (Å²) in [7, 11) is 0. The summed E-state index contributed by atoms with van der Waals surface area (Å²) in [6, 6.07) is -0.641. The van der Waals surface area contributed by atoms with E-state index in [-0.39, 0.29) is 12.6 Å². The number of nitrogens with one attached hydrogen (secondary N) is 2. The van der Waals surface area contributed by atoms with Gasteiger partial charge in [0.15, 0.2) is 0 Å². The third-order valence-electron chi connectivity index (χ3n) is 2.78. The van der Waals surface area contributed by atoms with E-state index in [1.165, 1.54) is 0 Å². The van der Waals surface area contributed by atoms with Crippen LogP contribution in [0.5, 0.6) is 0 Å². The number of amides is 3. The van der Waals surface area contributed by atoms with Crippen molar-refractivity contribution in [2.45, 2.75) is 31.7 Å². The molecular formula is C10H17N3O4. The van der Waals surface area contributed by atoms with Crippen LogP contribution in [0.3, 0.4) is 0 Å². The van der Waals surface area contributed by atoms with Crippen molar-refractivity contribution in [2.75, 3.05) is 6.54 Å². The number of urea groups is 1. The maximum Gasteiger partial charge on any atom is 0.315 e. The molecule has 1 fully saturated rings. The molecule has 0 aromatic carbocycles. The Labute approximate surface area is 98.7 Å². The van der Waals surface area contributed by atoms with Crippen LogP contribution in [0.15, 0.2) is 0 Å². The van der Waals surface area contributed by atoms with Gasteiger partial charge in [0, 0.05) is 6.04 Å². The first-order chi connectivity index (χ1) is 7.99. The van der Waals surface area contributed by atoms with Crippen LogP contribution in [0, 0.1) is 5.92 Å². The molecule has 1 saturated carbocycles. The Bertz CT molecular complexity index is 319. The van der Waals surface area contributed by atoms with Crippen molar-refractivity contribution in [3.05, 3.63) is 0 Å². The topological polar surface area (TPSA) is 122 Å². The van der Waals surface area contributed by atoms with Gasteiger partial charge in [-0.25, -0.2) is 4.79 Å². The highest BCUT2D eigenvalue weighted by Gasteiger charge is 2.27. The summed E-state index contributed by atoms with van der Waals surface area (Å²) in [4.78, 5) is 32.6. The predicted molar refractivity (Wildman–Crippen MR) is 59.1 cm³/mol. The maximum atomic E-state index is 11.3. The molecule has 7 nitrogen and oxygen atoms in total. The highest BCUT2D eigenvalue weighted by molar-refractivity contribution is 5.82. The van der Waals surface area contributed by atoms with Gasteiger partial charge < -0.3 is 21.5 Å². The smallest absolute Gasteiger partial charge is 0.315 e. The largest absolute Gasteiger partial charge is 0.481 e. The Kier molecular flexibility index (Phi) is 4.74. The summed E-state index contributed by atoms with van der Waals surface area (Å²) in [6.07, 6.45) is 2.61. The van der Waals surface area contributed by atoms with Crippen LogP contribution in [0.25, 0.3) is 0 Å². The Balaban J connectivity index is 2.33. The van der Waals surface area contributed by atoms with Crippen molar-refractivity contribution in [1.29, 1.82) is 0 Å². The molecule has 1 aliphatic carbocycles. The summed E-state index contributed by atoms with van der Waals surface area (Å²) in [6.45, 7) is -0.221. The molecule has 0 heterocycles. The van der Waals surface area contributed by atoms with E-state index >= 15 is 0 Å². The molecule has 0 radical (unpaired) electrons. The highest BCUT2D eigenvalue weighted by atomic mass is 16.4. The fraction of sp³-hybridized carbons (Fsp3) is 0.700. The summed E-state index contributed by atoms with van der Waals surface area (Å²) >= 11 is 0. The van der Waals surface area contributed by atoms with Crippen molar-refractivity contribution in [2.24, 2.45) is 11.7 Å². The zero-order valence-electron chi connectivity index (χ0n) is 9.44. The lowest BCUT2D eigenvalue weighted by Gasteiger charge is -2.27. The average Bonchev–Trinajstić information content (AvgIpc) is 2.26. The minimum Gasteiger partial charge on any atom is -0.481 e. The molecule has 0 saturated heterocycles. The number of carbonyl (C=O) groups is 3. The van der Waals surface area contributed by atoms with E-state index in [4.69, 9.17) is 10.8 Å². The van der Waals surface area contributed by atoms with Crippen LogP contribution < -0.4 is 16.4 Å². The molecular weight excluding hydrogens is 226 g/mol. The van der Waals surface area contributed by atoms with Gasteiger partial charge in [-0.3, -0.25) is 9.59 Å². The molecule has 0 spiro atoms. The molecule has 1 rings (SSSR count). The van der Waals surface area contributed by atoms with E-state index in [0.717, 1.165) is 12.8 Å². The number of carboxylic acids is 1. The number of hydrogen-bond acceptors (Lipinski definition) is 3. The first kappa shape index (κ1) is 13.3. The zero-order valence-corrected chi connectivity index (χ0v) is 9.44. The summed E-state index contributed by atoms with van der Waals surface area (Å²) in [5, 5.41) is 13.8. The van der Waals surface area contributed by atoms with Crippen molar-refractivity contribution in [1.82, 2.24) is 10.6 Å². The van der Waals surface area contributed by atoms with Crippen LogP contribution in [0.1, 0.15) is 25.7 Å². The summed E-state index contributed by atoms with van der Waals surface area (Å²) in [5.41, 5.74) is 4.88. The first-order valence-corrected chi connectivity index (χ1v) is 5.54. The predicted octanol–water partition coefficient (Wildman–Crippen LogP) is -0.586. The van der Waals surface area contributed by atoms with Gasteiger partial charge in [-0.05, 0) is 19.3 Å². The fourth-order valence-electron chi connectivity index (χ4n) is 1.95. The number of carboxylic acid groups (broad SMARTS) is 1. The molecule has 5 N–H and O–H groups in total. The van der Waals surface area contributed by atoms with Crippen molar-refractivity contribution in [3.63, 3.8) is 0 Å². The Morgan fingerprint density at radius 1 is 1.29 bits per heavy atom. The van der Waals surface area contributed by atoms with Gasteiger partial charge in [0.05, 0.1) is 12.5 Å². The lowest BCUT2D eigenvalue weighted by molar-refractivity contribution is -0.143. The minimum atomic E-state index is -0.825. The van der Waals surface area contributed by atoms with Gasteiger partial charge >= 0.3 is 12.0 Å². The summed E-state index contributed by atoms with van der Waals surface area (Å²) in [5.74, 6) is -1.84. The lowest BCUT2D eigenvalue weighted by atomic mass is 9.86. The Hall–Kier alpha value is -1.79. The monoisotopic (exact) mass is 243 g/mol. The standard InChI is InChI=1S/C10H17N3O4/c11-8(14)5-12-10(17)13-7-3-1-2-6(4-7)9(15)16/h6-7H,1-5H2,(H2,11,14)(H,15,16)(H2,12,13,17). The van der Waals surface area contributed by atoms with Crippen molar-refractivity contribution < 1.29 is 19.5 Å². The second-order valence-corrected chi connectivity index (χ2v) is 4.19. The fourth-order valence-corrected chi connectivity index (χ4v) is 1.95. The molecule has 1 aliphatic rings. The second kappa shape index (κ2) is 6.07. The van der Waals surface area contributed by atoms with Crippen molar-refractivity contribution in [3.8, 4) is 0 Å². The van der Waals surface area contributed by atoms with Crippen LogP contribution in [0.2, 0.25) is 0 Å². The van der Waals surface area contributed by atoms with E-state index in [1.54, 1.807) is 0 Å². The van der Waals surface area contributed by atoms with E-state index in [0.29, 0.717) is 12.8 Å². The molecule has 2 unspecified atom stereocenters. The minimum absolute atomic E-state index is 0.155. The normalized spacial score (nSPS) is 23.8. The van der Waals surface area contributed by atoms with Crippen LogP contribution in [-0.4, -0.2) is 35.6 Å². The molecule has 7 heteroatoms. The van der Waals surface area contributed by atoms with E-state index in [2.05, 4.69) is 10.6 Å². The number of primary amides is 1. The average molecular weight is 243 g/mol. The maximum absolute atomic E-state index is 11.3. The van der Waals surface area contributed by atoms with Gasteiger partial charge in [0.2, 0.25) is 5.91 Å². The quantitative estimate of drug-likeness (QED) is 0.527. The SMILES string of the molecule is NC(=O)CNC(=O)NC1CCCC(C(=O)O)C1. The highest BCUT2D eigenvalue weighted by Crippen LogP contribution is 2.24. The molecule has 17 heavy (non-hydrogen) atoms. The van der Waals surface area contributed by atoms with Gasteiger partial charge in [-0.1, -0.05) is 6.42 Å². The number of rotatable bonds is 4. The third kappa shape index (κ3) is 4.71. The molecule has 0 bridgehead atoms. The molecule has 0 aromatic rings. The number of aliphatic carboxylic acids is 1. The molecule has 0 aliphatic heterocycles. The molecule has 0 aromatic heterocycles. The number of nitrogens with two attached hydrogens (primary N) is 1. The van der Waals surface area contributed by atoms with Gasteiger partial charge in [0.1, 0.15) is 0 Å². The Morgan fingerprint density at radius 3 is 2.59 bits per heavy atom. The van der Waals surface area contributed by atoms with Crippen LogP contribution >= 0.6 is 0 Å². The van der Waals surface area contributed by atoms with E-state index in [9.17, 15) is 14.4 Å². The Morgan fingerprint density at radius 2 is 2.00 bits per heavy atom. The summed E-state index contributed by atoms with van der Waals surface area (Å²) < 4.78 is 0. The van der Waals surface area contributed by atoms with Gasteiger partial charge in [-0.15, -0.1) is 0 Å². The van der Waals surface area contributed by atoms with Crippen LogP contribution in [0.4, 0.5) is 4.79 Å². The van der Waals surface area contributed by atoms with Crippen molar-refractivity contribution >= 4 is 17.9 Å². The van der Waals surface area contributed by atoms with Gasteiger partial charge in [0.25, 0.3) is 0 Å². The van der Waals surface area contributed by atoms with Gasteiger partial charge in [-0.2, -0.15) is 0 Å². The second-order valence-electron chi connectivity index (χ2n) is 4.19.